The van der Waals surface area contributed by atoms with E-state index in [9.17, 15) is 0 Å². The molecule has 6 aromatic rings. The van der Waals surface area contributed by atoms with E-state index in [1.807, 2.05) is 0 Å². The number of benzene rings is 4. The first-order chi connectivity index (χ1) is 11.8. The zero-order valence-corrected chi connectivity index (χ0v) is 14.3. The fraction of sp³-hybridized carbons (Fsp3) is 0. The maximum atomic E-state index is 3.78. The number of hydrogen-bond donors (Lipinski definition) is 0. The van der Waals surface area contributed by atoms with Crippen LogP contribution in [-0.4, -0.2) is 4.40 Å². The van der Waals surface area contributed by atoms with Gasteiger partial charge in [-0.1, -0.05) is 60.7 Å². The van der Waals surface area contributed by atoms with Gasteiger partial charge in [-0.15, -0.1) is 0 Å². The largest absolute Gasteiger partial charge is 0.307 e. The highest BCUT2D eigenvalue weighted by Gasteiger charge is 2.17. The van der Waals surface area contributed by atoms with Gasteiger partial charge in [-0.3, -0.25) is 0 Å². The van der Waals surface area contributed by atoms with Gasteiger partial charge < -0.3 is 4.40 Å². The van der Waals surface area contributed by atoms with Gasteiger partial charge in [-0.2, -0.15) is 0 Å². The van der Waals surface area contributed by atoms with Gasteiger partial charge in [0.25, 0.3) is 0 Å². The van der Waals surface area contributed by atoms with Crippen LogP contribution in [0.4, 0.5) is 0 Å². The topological polar surface area (TPSA) is 4.41 Å². The zero-order chi connectivity index (χ0) is 15.8. The average molecular weight is 370 g/mol. The highest BCUT2D eigenvalue weighted by molar-refractivity contribution is 9.10. The summed E-state index contributed by atoms with van der Waals surface area (Å²) in [4.78, 5) is 0. The van der Waals surface area contributed by atoms with Gasteiger partial charge in [0, 0.05) is 26.0 Å². The Morgan fingerprint density at radius 2 is 1.17 bits per heavy atom. The molecule has 0 atom stereocenters. The summed E-state index contributed by atoms with van der Waals surface area (Å²) in [6.07, 6.45) is 0. The molecule has 2 heteroatoms. The Balaban J connectivity index is 2.17. The van der Waals surface area contributed by atoms with Crippen LogP contribution in [0.15, 0.2) is 77.3 Å². The number of aromatic nitrogens is 1. The number of halogens is 1. The van der Waals surface area contributed by atoms with Crippen LogP contribution in [0.1, 0.15) is 0 Å². The third kappa shape index (κ3) is 1.37. The lowest BCUT2D eigenvalue weighted by Gasteiger charge is -2.12. The second-order valence-electron chi connectivity index (χ2n) is 6.35. The van der Waals surface area contributed by atoms with Crippen molar-refractivity contribution in [1.82, 2.24) is 4.40 Å². The van der Waals surface area contributed by atoms with Gasteiger partial charge in [0.15, 0.2) is 0 Å². The Labute approximate surface area is 146 Å². The quantitative estimate of drug-likeness (QED) is 0.206. The second-order valence-corrected chi connectivity index (χ2v) is 7.21. The van der Waals surface area contributed by atoms with E-state index in [1.54, 1.807) is 0 Å². The zero-order valence-electron chi connectivity index (χ0n) is 12.8. The van der Waals surface area contributed by atoms with Crippen molar-refractivity contribution in [2.75, 3.05) is 0 Å². The average Bonchev–Trinajstić information content (AvgIpc) is 2.97. The molecule has 0 aliphatic carbocycles. The van der Waals surface area contributed by atoms with Crippen LogP contribution < -0.4 is 0 Å². The molecule has 0 fully saturated rings. The van der Waals surface area contributed by atoms with Crippen LogP contribution in [0.5, 0.6) is 0 Å². The fourth-order valence-electron chi connectivity index (χ4n) is 4.26. The molecule has 2 heterocycles. The van der Waals surface area contributed by atoms with Crippen molar-refractivity contribution in [1.29, 1.82) is 0 Å². The minimum atomic E-state index is 1.14. The van der Waals surface area contributed by atoms with Gasteiger partial charge >= 0.3 is 0 Å². The second kappa shape index (κ2) is 4.28. The molecule has 1 nitrogen and oxygen atoms in total. The predicted molar refractivity (Wildman–Crippen MR) is 106 cm³/mol. The van der Waals surface area contributed by atoms with E-state index in [0.717, 1.165) is 4.47 Å². The summed E-state index contributed by atoms with van der Waals surface area (Å²) >= 11 is 3.78. The lowest BCUT2D eigenvalue weighted by molar-refractivity contribution is 1.34. The van der Waals surface area contributed by atoms with E-state index in [1.165, 1.54) is 48.9 Å². The Morgan fingerprint density at radius 3 is 2.00 bits per heavy atom. The van der Waals surface area contributed by atoms with E-state index in [0.29, 0.717) is 0 Å². The van der Waals surface area contributed by atoms with Gasteiger partial charge in [0.2, 0.25) is 0 Å². The maximum absolute atomic E-state index is 3.78. The van der Waals surface area contributed by atoms with Crippen molar-refractivity contribution in [2.45, 2.75) is 0 Å². The molecule has 0 radical (unpaired) electrons. The van der Waals surface area contributed by atoms with Gasteiger partial charge in [-0.05, 0) is 38.8 Å². The van der Waals surface area contributed by atoms with Crippen molar-refractivity contribution in [3.63, 3.8) is 0 Å². The fourth-order valence-corrected chi connectivity index (χ4v) is 4.81. The molecule has 24 heavy (non-hydrogen) atoms. The summed E-state index contributed by atoms with van der Waals surface area (Å²) < 4.78 is 3.57. The summed E-state index contributed by atoms with van der Waals surface area (Å²) in [6.45, 7) is 0. The van der Waals surface area contributed by atoms with Crippen LogP contribution in [0, 0.1) is 0 Å². The molecule has 2 aromatic heterocycles. The molecule has 0 spiro atoms. The number of para-hydroxylation sites is 2. The van der Waals surface area contributed by atoms with Gasteiger partial charge in [0.1, 0.15) is 0 Å². The van der Waals surface area contributed by atoms with Crippen LogP contribution in [0.25, 0.3) is 48.9 Å². The Morgan fingerprint density at radius 1 is 0.583 bits per heavy atom. The van der Waals surface area contributed by atoms with E-state index in [2.05, 4.69) is 93.1 Å². The minimum absolute atomic E-state index is 1.14. The molecule has 0 amide bonds. The molecular formula is C22H12BrN. The molecule has 0 saturated heterocycles. The molecule has 0 aliphatic heterocycles. The highest BCUT2D eigenvalue weighted by atomic mass is 79.9. The van der Waals surface area contributed by atoms with Gasteiger partial charge in [0.05, 0.1) is 16.6 Å². The summed E-state index contributed by atoms with van der Waals surface area (Å²) in [5.41, 5.74) is 3.83. The number of nitrogens with zero attached hydrogens (tertiary/aromatic N) is 1. The summed E-state index contributed by atoms with van der Waals surface area (Å²) in [5, 5.41) is 7.90. The van der Waals surface area contributed by atoms with Crippen molar-refractivity contribution >= 4 is 64.8 Å². The van der Waals surface area contributed by atoms with Gasteiger partial charge in [-0.25, -0.2) is 0 Å². The van der Waals surface area contributed by atoms with Crippen LogP contribution >= 0.6 is 15.9 Å². The lowest BCUT2D eigenvalue weighted by Crippen LogP contribution is -1.92. The summed E-state index contributed by atoms with van der Waals surface area (Å²) in [5.74, 6) is 0. The molecule has 112 valence electrons. The van der Waals surface area contributed by atoms with E-state index in [-0.39, 0.29) is 0 Å². The molecule has 0 bridgehead atoms. The number of rotatable bonds is 0. The van der Waals surface area contributed by atoms with Crippen molar-refractivity contribution in [2.24, 2.45) is 0 Å². The van der Waals surface area contributed by atoms with Crippen molar-refractivity contribution in [3.8, 4) is 0 Å². The third-order valence-electron chi connectivity index (χ3n) is 5.17. The van der Waals surface area contributed by atoms with Crippen LogP contribution in [0.3, 0.4) is 0 Å². The molecule has 0 aliphatic rings. The normalized spacial score (nSPS) is 12.4. The van der Waals surface area contributed by atoms with E-state index >= 15 is 0 Å². The van der Waals surface area contributed by atoms with E-state index < -0.39 is 0 Å². The summed E-state index contributed by atoms with van der Waals surface area (Å²) in [7, 11) is 0. The molecule has 0 unspecified atom stereocenters. The number of fused-ring (bicyclic) bond motifs is 5. The molecule has 0 N–H and O–H groups in total. The Bertz CT molecular complexity index is 1400. The first kappa shape index (κ1) is 12.8. The Hall–Kier alpha value is -2.58. The first-order valence-corrected chi connectivity index (χ1v) is 8.88. The Kier molecular flexibility index (Phi) is 2.28. The SMILES string of the molecule is Brc1cccc2c3cccc4c5cccc6cccc(c65)n(c12)c43. The van der Waals surface area contributed by atoms with Crippen LogP contribution in [0.2, 0.25) is 0 Å². The molecular weight excluding hydrogens is 358 g/mol. The third-order valence-corrected chi connectivity index (χ3v) is 5.81. The van der Waals surface area contributed by atoms with Crippen molar-refractivity contribution in [3.05, 3.63) is 77.3 Å². The van der Waals surface area contributed by atoms with Crippen LogP contribution in [-0.2, 0) is 0 Å². The molecule has 0 saturated carbocycles. The number of pyridine rings is 1. The smallest absolute Gasteiger partial charge is 0.0683 e. The molecule has 6 rings (SSSR count). The maximum Gasteiger partial charge on any atom is 0.0683 e. The first-order valence-electron chi connectivity index (χ1n) is 8.09. The standard InChI is InChI=1S/C22H12BrN/c23-18-11-4-10-17-16-9-3-8-15-14-7-1-5-13-6-2-12-19(20(13)14)24(21(15)16)22(17)18/h1-12H. The predicted octanol–water partition coefficient (Wildman–Crippen LogP) is 6.75. The monoisotopic (exact) mass is 369 g/mol. The summed E-state index contributed by atoms with van der Waals surface area (Å²) in [6, 6.07) is 26.3. The molecule has 4 aromatic carbocycles. The van der Waals surface area contributed by atoms with E-state index in [4.69, 9.17) is 0 Å². The van der Waals surface area contributed by atoms with Crippen molar-refractivity contribution < 1.29 is 0 Å². The lowest BCUT2D eigenvalue weighted by atomic mass is 9.99. The number of hydrogen-bond acceptors (Lipinski definition) is 0. The highest BCUT2D eigenvalue weighted by Crippen LogP contribution is 2.41. The minimum Gasteiger partial charge on any atom is -0.307 e.